The molecule has 0 aliphatic carbocycles. The summed E-state index contributed by atoms with van der Waals surface area (Å²) in [5.41, 5.74) is 0.163. The molecule has 0 radical (unpaired) electrons. The summed E-state index contributed by atoms with van der Waals surface area (Å²) in [7, 11) is -3.42. The quantitative estimate of drug-likeness (QED) is 0.871. The highest BCUT2D eigenvalue weighted by atomic mass is 32.2. The molecule has 18 heavy (non-hydrogen) atoms. The molecule has 0 aliphatic heterocycles. The van der Waals surface area contributed by atoms with Gasteiger partial charge in [-0.25, -0.2) is 17.9 Å². The molecule has 5 nitrogen and oxygen atoms in total. The molecule has 1 aromatic carbocycles. The van der Waals surface area contributed by atoms with Gasteiger partial charge in [0.15, 0.2) is 0 Å². The van der Waals surface area contributed by atoms with Gasteiger partial charge in [-0.05, 0) is 38.5 Å². The summed E-state index contributed by atoms with van der Waals surface area (Å²) in [4.78, 5) is 10.7. The van der Waals surface area contributed by atoms with E-state index in [2.05, 4.69) is 4.72 Å². The third-order valence-electron chi connectivity index (χ3n) is 2.02. The van der Waals surface area contributed by atoms with Crippen molar-refractivity contribution in [3.05, 3.63) is 35.4 Å². The number of benzene rings is 1. The van der Waals surface area contributed by atoms with E-state index < -0.39 is 21.5 Å². The lowest BCUT2D eigenvalue weighted by Gasteiger charge is -2.20. The van der Waals surface area contributed by atoms with Gasteiger partial charge in [0.2, 0.25) is 10.0 Å². The molecule has 0 saturated carbocycles. The summed E-state index contributed by atoms with van der Waals surface area (Å²) in [5.74, 6) is -1.19. The van der Waals surface area contributed by atoms with Gasteiger partial charge in [-0.3, -0.25) is 0 Å². The lowest BCUT2D eigenvalue weighted by Crippen LogP contribution is -2.41. The molecule has 0 spiro atoms. The first-order valence-corrected chi connectivity index (χ1v) is 7.08. The van der Waals surface area contributed by atoms with Gasteiger partial charge in [-0.15, -0.1) is 0 Å². The van der Waals surface area contributed by atoms with Crippen molar-refractivity contribution in [1.82, 2.24) is 4.72 Å². The Labute approximate surface area is 107 Å². The zero-order valence-corrected chi connectivity index (χ0v) is 11.4. The van der Waals surface area contributed by atoms with Gasteiger partial charge in [0.05, 0.1) is 11.3 Å². The van der Waals surface area contributed by atoms with E-state index in [1.807, 2.05) is 0 Å². The number of hydrogen-bond acceptors (Lipinski definition) is 3. The van der Waals surface area contributed by atoms with Crippen LogP contribution in [0.15, 0.2) is 24.3 Å². The van der Waals surface area contributed by atoms with Crippen molar-refractivity contribution in [2.45, 2.75) is 32.1 Å². The molecule has 0 bridgehead atoms. The molecule has 2 N–H and O–H groups in total. The highest BCUT2D eigenvalue weighted by Gasteiger charge is 2.20. The van der Waals surface area contributed by atoms with Crippen LogP contribution in [0.25, 0.3) is 0 Å². The number of carboxylic acids is 1. The molecule has 1 rings (SSSR count). The van der Waals surface area contributed by atoms with Crippen molar-refractivity contribution in [3.63, 3.8) is 0 Å². The van der Waals surface area contributed by atoms with E-state index in [1.165, 1.54) is 24.3 Å². The Kier molecular flexibility index (Phi) is 4.13. The number of sulfonamides is 1. The number of rotatable bonds is 4. The van der Waals surface area contributed by atoms with E-state index >= 15 is 0 Å². The molecule has 0 amide bonds. The minimum atomic E-state index is -3.42. The second kappa shape index (κ2) is 5.07. The average molecular weight is 271 g/mol. The minimum Gasteiger partial charge on any atom is -0.478 e. The zero-order valence-electron chi connectivity index (χ0n) is 10.6. The van der Waals surface area contributed by atoms with E-state index in [9.17, 15) is 13.2 Å². The van der Waals surface area contributed by atoms with Gasteiger partial charge in [-0.2, -0.15) is 0 Å². The van der Waals surface area contributed by atoms with Crippen LogP contribution < -0.4 is 4.72 Å². The molecule has 100 valence electrons. The van der Waals surface area contributed by atoms with Gasteiger partial charge in [0.25, 0.3) is 0 Å². The molecule has 0 saturated heterocycles. The summed E-state index contributed by atoms with van der Waals surface area (Å²) in [6.07, 6.45) is 0. The third kappa shape index (κ3) is 4.85. The predicted octanol–water partition coefficient (Wildman–Crippen LogP) is 1.60. The maximum absolute atomic E-state index is 11.8. The number of hydrogen-bond donors (Lipinski definition) is 2. The SMILES string of the molecule is CC(C)(C)NS(=O)(=O)Cc1ccc(C(=O)O)cc1. The van der Waals surface area contributed by atoms with Crippen LogP contribution >= 0.6 is 0 Å². The fraction of sp³-hybridized carbons (Fsp3) is 0.417. The second-order valence-electron chi connectivity index (χ2n) is 5.11. The zero-order chi connectivity index (χ0) is 14.0. The lowest BCUT2D eigenvalue weighted by atomic mass is 10.1. The number of nitrogens with one attached hydrogen (secondary N) is 1. The predicted molar refractivity (Wildman–Crippen MR) is 68.9 cm³/mol. The van der Waals surface area contributed by atoms with Crippen LogP contribution in [0.5, 0.6) is 0 Å². The van der Waals surface area contributed by atoms with E-state index in [-0.39, 0.29) is 11.3 Å². The number of carbonyl (C=O) groups is 1. The van der Waals surface area contributed by atoms with Crippen LogP contribution in [0.4, 0.5) is 0 Å². The largest absolute Gasteiger partial charge is 0.478 e. The Morgan fingerprint density at radius 3 is 2.11 bits per heavy atom. The highest BCUT2D eigenvalue weighted by Crippen LogP contribution is 2.10. The van der Waals surface area contributed by atoms with Crippen molar-refractivity contribution in [2.75, 3.05) is 0 Å². The maximum Gasteiger partial charge on any atom is 0.335 e. The molecule has 0 atom stereocenters. The van der Waals surface area contributed by atoms with Crippen molar-refractivity contribution in [2.24, 2.45) is 0 Å². The average Bonchev–Trinajstić information content (AvgIpc) is 2.13. The van der Waals surface area contributed by atoms with Gasteiger partial charge < -0.3 is 5.11 Å². The summed E-state index contributed by atoms with van der Waals surface area (Å²) >= 11 is 0. The van der Waals surface area contributed by atoms with Crippen LogP contribution in [0, 0.1) is 0 Å². The number of carboxylic acid groups (broad SMARTS) is 1. The van der Waals surface area contributed by atoms with Crippen molar-refractivity contribution in [1.29, 1.82) is 0 Å². The normalized spacial score (nSPS) is 12.4. The summed E-state index contributed by atoms with van der Waals surface area (Å²) in [6, 6.07) is 5.80. The molecule has 0 fully saturated rings. The Morgan fingerprint density at radius 2 is 1.72 bits per heavy atom. The number of aromatic carboxylic acids is 1. The van der Waals surface area contributed by atoms with Crippen molar-refractivity contribution in [3.8, 4) is 0 Å². The molecule has 1 aromatic rings. The minimum absolute atomic E-state index is 0.139. The third-order valence-corrected chi connectivity index (χ3v) is 3.66. The molecule has 0 heterocycles. The molecule has 0 aromatic heterocycles. The van der Waals surface area contributed by atoms with Crippen molar-refractivity contribution < 1.29 is 18.3 Å². The molecule has 6 heteroatoms. The van der Waals surface area contributed by atoms with E-state index in [0.29, 0.717) is 5.56 Å². The monoisotopic (exact) mass is 271 g/mol. The fourth-order valence-electron chi connectivity index (χ4n) is 1.47. The summed E-state index contributed by atoms with van der Waals surface area (Å²) in [6.45, 7) is 5.29. The van der Waals surface area contributed by atoms with Gasteiger partial charge in [0.1, 0.15) is 0 Å². The Morgan fingerprint density at radius 1 is 1.22 bits per heavy atom. The van der Waals surface area contributed by atoms with Crippen molar-refractivity contribution >= 4 is 16.0 Å². The first kappa shape index (κ1) is 14.7. The fourth-order valence-corrected chi connectivity index (χ4v) is 3.10. The Bertz CT molecular complexity index is 526. The Hall–Kier alpha value is -1.40. The first-order chi connectivity index (χ1) is 8.09. The van der Waals surface area contributed by atoms with Crippen LogP contribution in [-0.2, 0) is 15.8 Å². The standard InChI is InChI=1S/C12H17NO4S/c1-12(2,3)13-18(16,17)8-9-4-6-10(7-5-9)11(14)15/h4-7,13H,8H2,1-3H3,(H,14,15). The van der Waals surface area contributed by atoms with Crippen LogP contribution in [-0.4, -0.2) is 25.0 Å². The first-order valence-electron chi connectivity index (χ1n) is 5.43. The van der Waals surface area contributed by atoms with Crippen LogP contribution in [0.3, 0.4) is 0 Å². The summed E-state index contributed by atoms with van der Waals surface area (Å²) < 4.78 is 26.2. The van der Waals surface area contributed by atoms with Gasteiger partial charge >= 0.3 is 5.97 Å². The molecule has 0 unspecified atom stereocenters. The summed E-state index contributed by atoms with van der Waals surface area (Å²) in [5, 5.41) is 8.73. The van der Waals surface area contributed by atoms with Gasteiger partial charge in [0, 0.05) is 5.54 Å². The van der Waals surface area contributed by atoms with E-state index in [1.54, 1.807) is 20.8 Å². The smallest absolute Gasteiger partial charge is 0.335 e. The topological polar surface area (TPSA) is 83.5 Å². The van der Waals surface area contributed by atoms with E-state index in [4.69, 9.17) is 5.11 Å². The highest BCUT2D eigenvalue weighted by molar-refractivity contribution is 7.88. The lowest BCUT2D eigenvalue weighted by molar-refractivity contribution is 0.0697. The second-order valence-corrected chi connectivity index (χ2v) is 6.84. The van der Waals surface area contributed by atoms with Gasteiger partial charge in [-0.1, -0.05) is 12.1 Å². The van der Waals surface area contributed by atoms with Crippen LogP contribution in [0.2, 0.25) is 0 Å². The molecular formula is C12H17NO4S. The van der Waals surface area contributed by atoms with E-state index in [0.717, 1.165) is 0 Å². The van der Waals surface area contributed by atoms with Crippen LogP contribution in [0.1, 0.15) is 36.7 Å². The Balaban J connectivity index is 2.82. The maximum atomic E-state index is 11.8. The molecule has 0 aliphatic rings. The molecular weight excluding hydrogens is 254 g/mol.